The summed E-state index contributed by atoms with van der Waals surface area (Å²) in [6.45, 7) is 2.16. The first kappa shape index (κ1) is 14.8. The highest BCUT2D eigenvalue weighted by Crippen LogP contribution is 2.07. The van der Waals surface area contributed by atoms with Gasteiger partial charge in [0.15, 0.2) is 0 Å². The van der Waals surface area contributed by atoms with Gasteiger partial charge in [-0.25, -0.2) is 0 Å². The van der Waals surface area contributed by atoms with Crippen molar-refractivity contribution in [2.75, 3.05) is 13.2 Å². The smallest absolute Gasteiger partial charge is 0.326 e. The minimum absolute atomic E-state index is 0.0928. The summed E-state index contributed by atoms with van der Waals surface area (Å²) in [6.07, 6.45) is 1.58. The Bertz CT molecular complexity index is 649. The van der Waals surface area contributed by atoms with Gasteiger partial charge in [-0.1, -0.05) is 18.2 Å². The molecule has 5 nitrogen and oxygen atoms in total. The first-order valence-corrected chi connectivity index (χ1v) is 6.66. The van der Waals surface area contributed by atoms with Crippen LogP contribution in [0, 0.1) is 6.92 Å². The summed E-state index contributed by atoms with van der Waals surface area (Å²) in [7, 11) is 0. The maximum absolute atomic E-state index is 11.6. The van der Waals surface area contributed by atoms with Crippen LogP contribution in [0.1, 0.15) is 5.56 Å². The Labute approximate surface area is 122 Å². The van der Waals surface area contributed by atoms with Crippen molar-refractivity contribution in [1.82, 2.24) is 4.57 Å². The van der Waals surface area contributed by atoms with E-state index in [0.29, 0.717) is 0 Å². The van der Waals surface area contributed by atoms with Crippen LogP contribution in [0.5, 0.6) is 5.75 Å². The van der Waals surface area contributed by atoms with Crippen LogP contribution in [0.3, 0.4) is 0 Å². The summed E-state index contributed by atoms with van der Waals surface area (Å²) in [5.41, 5.74) is 0.647. The third-order valence-electron chi connectivity index (χ3n) is 2.81. The third-order valence-corrected chi connectivity index (χ3v) is 2.81. The number of aryl methyl sites for hydroxylation is 1. The van der Waals surface area contributed by atoms with Gasteiger partial charge in [-0.2, -0.15) is 0 Å². The standard InChI is InChI=1S/C16H17NO4/c1-13-7-8-17(15(18)11-13)12-16(19)21-10-9-20-14-5-3-2-4-6-14/h2-8,11H,9-10,12H2,1H3. The topological polar surface area (TPSA) is 57.5 Å². The molecule has 2 aromatic rings. The van der Waals surface area contributed by atoms with E-state index in [9.17, 15) is 9.59 Å². The van der Waals surface area contributed by atoms with E-state index in [2.05, 4.69) is 0 Å². The molecule has 0 atom stereocenters. The molecule has 0 saturated carbocycles. The zero-order chi connectivity index (χ0) is 15.1. The lowest BCUT2D eigenvalue weighted by molar-refractivity contribution is -0.145. The van der Waals surface area contributed by atoms with Gasteiger partial charge >= 0.3 is 5.97 Å². The molecular formula is C16H17NO4. The summed E-state index contributed by atoms with van der Waals surface area (Å²) < 4.78 is 11.7. The van der Waals surface area contributed by atoms with Gasteiger partial charge in [-0.3, -0.25) is 9.59 Å². The summed E-state index contributed by atoms with van der Waals surface area (Å²) in [5.74, 6) is 0.265. The molecule has 1 heterocycles. The Kier molecular flexibility index (Phi) is 5.15. The van der Waals surface area contributed by atoms with Crippen molar-refractivity contribution in [2.24, 2.45) is 0 Å². The zero-order valence-corrected chi connectivity index (χ0v) is 11.8. The van der Waals surface area contributed by atoms with E-state index >= 15 is 0 Å². The number of benzene rings is 1. The van der Waals surface area contributed by atoms with Gasteiger partial charge in [0.2, 0.25) is 0 Å². The largest absolute Gasteiger partial charge is 0.490 e. The third kappa shape index (κ3) is 4.80. The minimum atomic E-state index is -0.461. The molecule has 110 valence electrons. The number of hydrogen-bond donors (Lipinski definition) is 0. The first-order valence-electron chi connectivity index (χ1n) is 6.66. The molecule has 0 saturated heterocycles. The van der Waals surface area contributed by atoms with Crippen LogP contribution >= 0.6 is 0 Å². The van der Waals surface area contributed by atoms with Crippen LogP contribution in [0.4, 0.5) is 0 Å². The van der Waals surface area contributed by atoms with Crippen LogP contribution in [0.2, 0.25) is 0 Å². The van der Waals surface area contributed by atoms with Crippen molar-refractivity contribution in [3.63, 3.8) is 0 Å². The summed E-state index contributed by atoms with van der Waals surface area (Å²) in [6, 6.07) is 12.5. The van der Waals surface area contributed by atoms with Crippen molar-refractivity contribution in [2.45, 2.75) is 13.5 Å². The zero-order valence-electron chi connectivity index (χ0n) is 11.8. The average Bonchev–Trinajstić information content (AvgIpc) is 2.48. The van der Waals surface area contributed by atoms with Gasteiger partial charge in [-0.05, 0) is 30.7 Å². The molecule has 0 amide bonds. The number of aromatic nitrogens is 1. The van der Waals surface area contributed by atoms with E-state index in [4.69, 9.17) is 9.47 Å². The predicted molar refractivity (Wildman–Crippen MR) is 78.3 cm³/mol. The number of para-hydroxylation sites is 1. The number of hydrogen-bond acceptors (Lipinski definition) is 4. The maximum atomic E-state index is 11.6. The molecule has 0 radical (unpaired) electrons. The van der Waals surface area contributed by atoms with Crippen LogP contribution in [0.25, 0.3) is 0 Å². The second-order valence-electron chi connectivity index (χ2n) is 4.55. The van der Waals surface area contributed by atoms with E-state index in [1.54, 1.807) is 12.3 Å². The predicted octanol–water partition coefficient (Wildman–Crippen LogP) is 1.78. The van der Waals surface area contributed by atoms with Gasteiger partial charge in [0, 0.05) is 12.3 Å². The lowest BCUT2D eigenvalue weighted by Gasteiger charge is -2.08. The van der Waals surface area contributed by atoms with E-state index in [1.807, 2.05) is 37.3 Å². The normalized spacial score (nSPS) is 10.1. The first-order chi connectivity index (χ1) is 10.1. The van der Waals surface area contributed by atoms with Crippen LogP contribution in [-0.2, 0) is 16.1 Å². The second-order valence-corrected chi connectivity index (χ2v) is 4.55. The highest BCUT2D eigenvalue weighted by Gasteiger charge is 2.05. The van der Waals surface area contributed by atoms with Crippen molar-refractivity contribution < 1.29 is 14.3 Å². The van der Waals surface area contributed by atoms with Crippen molar-refractivity contribution in [3.8, 4) is 5.75 Å². The number of pyridine rings is 1. The number of carbonyl (C=O) groups is 1. The van der Waals surface area contributed by atoms with Gasteiger partial charge in [0.05, 0.1) is 0 Å². The number of esters is 1. The monoisotopic (exact) mass is 287 g/mol. The molecule has 0 aliphatic carbocycles. The number of rotatable bonds is 6. The van der Waals surface area contributed by atoms with Crippen molar-refractivity contribution >= 4 is 5.97 Å². The molecule has 2 rings (SSSR count). The van der Waals surface area contributed by atoms with Crippen molar-refractivity contribution in [1.29, 1.82) is 0 Å². The minimum Gasteiger partial charge on any atom is -0.490 e. The SMILES string of the molecule is Cc1ccn(CC(=O)OCCOc2ccccc2)c(=O)c1. The fraction of sp³-hybridized carbons (Fsp3) is 0.250. The Hall–Kier alpha value is -2.56. The molecule has 21 heavy (non-hydrogen) atoms. The summed E-state index contributed by atoms with van der Waals surface area (Å²) in [5, 5.41) is 0. The molecule has 1 aromatic carbocycles. The maximum Gasteiger partial charge on any atom is 0.326 e. The van der Waals surface area contributed by atoms with Crippen molar-refractivity contribution in [3.05, 3.63) is 64.6 Å². The molecule has 0 aliphatic heterocycles. The fourth-order valence-corrected chi connectivity index (χ4v) is 1.75. The van der Waals surface area contributed by atoms with Gasteiger partial charge in [0.1, 0.15) is 25.5 Å². The highest BCUT2D eigenvalue weighted by molar-refractivity contribution is 5.69. The van der Waals surface area contributed by atoms with Gasteiger partial charge in [0.25, 0.3) is 5.56 Å². The molecule has 0 spiro atoms. The van der Waals surface area contributed by atoms with E-state index < -0.39 is 5.97 Å². The number of carbonyl (C=O) groups excluding carboxylic acids is 1. The summed E-state index contributed by atoms with van der Waals surface area (Å²) >= 11 is 0. The molecular weight excluding hydrogens is 270 g/mol. The Morgan fingerprint density at radius 2 is 1.90 bits per heavy atom. The average molecular weight is 287 g/mol. The van der Waals surface area contributed by atoms with Crippen LogP contribution in [0.15, 0.2) is 53.5 Å². The van der Waals surface area contributed by atoms with Gasteiger partial charge < -0.3 is 14.0 Å². The van der Waals surface area contributed by atoms with E-state index in [0.717, 1.165) is 11.3 Å². The van der Waals surface area contributed by atoms with Crippen LogP contribution in [-0.4, -0.2) is 23.8 Å². The molecule has 0 N–H and O–H groups in total. The quantitative estimate of drug-likeness (QED) is 0.600. The van der Waals surface area contributed by atoms with E-state index in [1.165, 1.54) is 10.6 Å². The Balaban J connectivity index is 1.74. The lowest BCUT2D eigenvalue weighted by atomic mass is 10.3. The molecule has 5 heteroatoms. The Morgan fingerprint density at radius 1 is 1.14 bits per heavy atom. The second kappa shape index (κ2) is 7.28. The van der Waals surface area contributed by atoms with Gasteiger partial charge in [-0.15, -0.1) is 0 Å². The highest BCUT2D eigenvalue weighted by atomic mass is 16.6. The molecule has 0 unspecified atom stereocenters. The number of ether oxygens (including phenoxy) is 2. The number of nitrogens with zero attached hydrogens (tertiary/aromatic N) is 1. The molecule has 0 aliphatic rings. The molecule has 0 fully saturated rings. The van der Waals surface area contributed by atoms with E-state index in [-0.39, 0.29) is 25.3 Å². The summed E-state index contributed by atoms with van der Waals surface area (Å²) in [4.78, 5) is 23.2. The van der Waals surface area contributed by atoms with Crippen LogP contribution < -0.4 is 10.3 Å². The molecule has 0 bridgehead atoms. The lowest BCUT2D eigenvalue weighted by Crippen LogP contribution is -2.25. The fourth-order valence-electron chi connectivity index (χ4n) is 1.75. The molecule has 1 aromatic heterocycles. The Morgan fingerprint density at radius 3 is 2.62 bits per heavy atom.